The molecule has 0 spiro atoms. The molecule has 2 heterocycles. The van der Waals surface area contributed by atoms with Gasteiger partial charge in [0.2, 0.25) is 0 Å². The van der Waals surface area contributed by atoms with Gasteiger partial charge in [-0.05, 0) is 24.0 Å². The van der Waals surface area contributed by atoms with Gasteiger partial charge in [-0.15, -0.1) is 0 Å². The van der Waals surface area contributed by atoms with E-state index in [2.05, 4.69) is 23.7 Å². The van der Waals surface area contributed by atoms with Crippen molar-refractivity contribution in [2.75, 3.05) is 13.1 Å². The first kappa shape index (κ1) is 12.2. The summed E-state index contributed by atoms with van der Waals surface area (Å²) in [5, 5.41) is 1.22. The van der Waals surface area contributed by atoms with Crippen molar-refractivity contribution >= 4 is 23.2 Å². The van der Waals surface area contributed by atoms with E-state index in [0.29, 0.717) is 10.2 Å². The van der Waals surface area contributed by atoms with Crippen LogP contribution in [0.1, 0.15) is 19.5 Å². The average molecular weight is 259 g/mol. The van der Waals surface area contributed by atoms with Crippen molar-refractivity contribution in [3.63, 3.8) is 0 Å². The lowest BCUT2D eigenvalue weighted by Gasteiger charge is -2.15. The predicted molar refractivity (Wildman–Crippen MR) is 67.9 cm³/mol. The molecule has 1 aromatic heterocycles. The van der Waals surface area contributed by atoms with Gasteiger partial charge in [-0.3, -0.25) is 4.90 Å². The Morgan fingerprint density at radius 3 is 2.50 bits per heavy atom. The van der Waals surface area contributed by atoms with E-state index in [4.69, 9.17) is 23.2 Å². The molecular weight excluding hydrogens is 243 g/mol. The maximum atomic E-state index is 6.10. The quantitative estimate of drug-likeness (QED) is 0.756. The third-order valence-corrected chi connectivity index (χ3v) is 3.88. The molecule has 0 aromatic carbocycles. The van der Waals surface area contributed by atoms with Gasteiger partial charge in [-0.2, -0.15) is 0 Å². The van der Waals surface area contributed by atoms with Crippen LogP contribution in [0.2, 0.25) is 10.2 Å². The van der Waals surface area contributed by atoms with Gasteiger partial charge in [0.25, 0.3) is 0 Å². The van der Waals surface area contributed by atoms with Crippen LogP contribution in [0.25, 0.3) is 0 Å². The summed E-state index contributed by atoms with van der Waals surface area (Å²) >= 11 is 12.0. The zero-order valence-electron chi connectivity index (χ0n) is 9.58. The van der Waals surface area contributed by atoms with E-state index in [9.17, 15) is 0 Å². The van der Waals surface area contributed by atoms with Crippen LogP contribution in [0.4, 0.5) is 0 Å². The maximum absolute atomic E-state index is 6.10. The molecule has 2 unspecified atom stereocenters. The zero-order valence-corrected chi connectivity index (χ0v) is 11.1. The van der Waals surface area contributed by atoms with Gasteiger partial charge in [-0.25, -0.2) is 4.98 Å². The van der Waals surface area contributed by atoms with E-state index >= 15 is 0 Å². The number of halogens is 2. The number of likely N-dealkylation sites (tertiary alicyclic amines) is 1. The van der Waals surface area contributed by atoms with Crippen LogP contribution >= 0.6 is 23.2 Å². The molecule has 0 amide bonds. The molecule has 88 valence electrons. The Hall–Kier alpha value is -0.310. The first-order valence-electron chi connectivity index (χ1n) is 5.59. The summed E-state index contributed by atoms with van der Waals surface area (Å²) in [5.41, 5.74) is 0.885. The molecule has 0 bridgehead atoms. The molecule has 4 heteroatoms. The minimum atomic E-state index is 0.514. The summed E-state index contributed by atoms with van der Waals surface area (Å²) in [5.74, 6) is 1.50. The Morgan fingerprint density at radius 1 is 1.25 bits per heavy atom. The molecule has 0 aliphatic carbocycles. The fourth-order valence-corrected chi connectivity index (χ4v) is 2.49. The minimum Gasteiger partial charge on any atom is -0.297 e. The van der Waals surface area contributed by atoms with Crippen LogP contribution in [0.3, 0.4) is 0 Å². The van der Waals surface area contributed by atoms with Crippen molar-refractivity contribution in [1.29, 1.82) is 0 Å². The van der Waals surface area contributed by atoms with Crippen LogP contribution < -0.4 is 0 Å². The van der Waals surface area contributed by atoms with Gasteiger partial charge in [-0.1, -0.05) is 37.0 Å². The summed E-state index contributed by atoms with van der Waals surface area (Å²) in [6.07, 6.45) is 0. The third kappa shape index (κ3) is 2.68. The Kier molecular flexibility index (Phi) is 3.73. The minimum absolute atomic E-state index is 0.514. The molecule has 0 radical (unpaired) electrons. The summed E-state index contributed by atoms with van der Waals surface area (Å²) in [6, 6.07) is 3.54. The molecule has 1 aliphatic heterocycles. The van der Waals surface area contributed by atoms with Gasteiger partial charge >= 0.3 is 0 Å². The molecular formula is C12H16Cl2N2. The molecule has 16 heavy (non-hydrogen) atoms. The molecule has 2 rings (SSSR count). The summed E-state index contributed by atoms with van der Waals surface area (Å²) in [7, 11) is 0. The fourth-order valence-electron chi connectivity index (χ4n) is 2.16. The van der Waals surface area contributed by atoms with Crippen LogP contribution in [-0.2, 0) is 6.54 Å². The van der Waals surface area contributed by atoms with Crippen LogP contribution in [-0.4, -0.2) is 23.0 Å². The lowest BCUT2D eigenvalue weighted by atomic mass is 10.0. The molecule has 1 fully saturated rings. The smallest absolute Gasteiger partial charge is 0.129 e. The molecule has 2 atom stereocenters. The number of pyridine rings is 1. The normalized spacial score (nSPS) is 26.2. The number of rotatable bonds is 2. The SMILES string of the molecule is CC1CN(Cc2nc(Cl)ccc2Cl)CC1C. The second-order valence-corrected chi connectivity index (χ2v) is 5.51. The predicted octanol–water partition coefficient (Wildman–Crippen LogP) is 3.48. The summed E-state index contributed by atoms with van der Waals surface area (Å²) in [4.78, 5) is 6.67. The lowest BCUT2D eigenvalue weighted by Crippen LogP contribution is -2.21. The van der Waals surface area contributed by atoms with Crippen LogP contribution in [0.15, 0.2) is 12.1 Å². The molecule has 1 aromatic rings. The first-order chi connectivity index (χ1) is 7.56. The highest BCUT2D eigenvalue weighted by atomic mass is 35.5. The van der Waals surface area contributed by atoms with E-state index in [-0.39, 0.29) is 0 Å². The van der Waals surface area contributed by atoms with Gasteiger partial charge in [0.1, 0.15) is 5.15 Å². The standard InChI is InChI=1S/C12H16Cl2N2/c1-8-5-16(6-9(8)2)7-11-10(13)3-4-12(14)15-11/h3-4,8-9H,5-7H2,1-2H3. The molecule has 1 saturated heterocycles. The van der Waals surface area contributed by atoms with E-state index < -0.39 is 0 Å². The Morgan fingerprint density at radius 2 is 1.88 bits per heavy atom. The average Bonchev–Trinajstić information content (AvgIpc) is 2.52. The molecule has 1 aliphatic rings. The van der Waals surface area contributed by atoms with Gasteiger partial charge in [0.05, 0.1) is 10.7 Å². The van der Waals surface area contributed by atoms with Gasteiger partial charge in [0.15, 0.2) is 0 Å². The second-order valence-electron chi connectivity index (χ2n) is 4.71. The van der Waals surface area contributed by atoms with E-state index in [1.165, 1.54) is 0 Å². The van der Waals surface area contributed by atoms with Crippen molar-refractivity contribution in [3.05, 3.63) is 28.0 Å². The maximum Gasteiger partial charge on any atom is 0.129 e. The Balaban J connectivity index is 2.07. The van der Waals surface area contributed by atoms with E-state index in [1.807, 2.05) is 6.07 Å². The van der Waals surface area contributed by atoms with Crippen LogP contribution in [0.5, 0.6) is 0 Å². The summed E-state index contributed by atoms with van der Waals surface area (Å²) < 4.78 is 0. The third-order valence-electron chi connectivity index (χ3n) is 3.32. The first-order valence-corrected chi connectivity index (χ1v) is 6.35. The second kappa shape index (κ2) is 4.91. The van der Waals surface area contributed by atoms with Crippen molar-refractivity contribution in [1.82, 2.24) is 9.88 Å². The molecule has 2 nitrogen and oxygen atoms in total. The topological polar surface area (TPSA) is 16.1 Å². The van der Waals surface area contributed by atoms with Gasteiger partial charge in [0, 0.05) is 19.6 Å². The number of nitrogens with zero attached hydrogens (tertiary/aromatic N) is 2. The zero-order chi connectivity index (χ0) is 11.7. The van der Waals surface area contributed by atoms with Crippen molar-refractivity contribution in [3.8, 4) is 0 Å². The van der Waals surface area contributed by atoms with Gasteiger partial charge < -0.3 is 0 Å². The van der Waals surface area contributed by atoms with Crippen molar-refractivity contribution in [2.45, 2.75) is 20.4 Å². The highest BCUT2D eigenvalue weighted by Gasteiger charge is 2.26. The monoisotopic (exact) mass is 258 g/mol. The number of hydrogen-bond acceptors (Lipinski definition) is 2. The van der Waals surface area contributed by atoms with E-state index in [0.717, 1.165) is 37.2 Å². The Bertz CT molecular complexity index is 371. The molecule has 0 saturated carbocycles. The largest absolute Gasteiger partial charge is 0.297 e. The molecule has 0 N–H and O–H groups in total. The highest BCUT2D eigenvalue weighted by Crippen LogP contribution is 2.25. The Labute approximate surface area is 107 Å². The fraction of sp³-hybridized carbons (Fsp3) is 0.583. The lowest BCUT2D eigenvalue weighted by molar-refractivity contribution is 0.312. The van der Waals surface area contributed by atoms with E-state index in [1.54, 1.807) is 6.07 Å². The number of aromatic nitrogens is 1. The van der Waals surface area contributed by atoms with Crippen molar-refractivity contribution < 1.29 is 0 Å². The highest BCUT2D eigenvalue weighted by molar-refractivity contribution is 6.32. The van der Waals surface area contributed by atoms with Crippen LogP contribution in [0, 0.1) is 11.8 Å². The van der Waals surface area contributed by atoms with Crippen molar-refractivity contribution in [2.24, 2.45) is 11.8 Å². The summed E-state index contributed by atoms with van der Waals surface area (Å²) in [6.45, 7) is 7.61. The number of hydrogen-bond donors (Lipinski definition) is 0.